The van der Waals surface area contributed by atoms with Crippen molar-refractivity contribution in [2.75, 3.05) is 6.61 Å². The Kier molecular flexibility index (Phi) is 12.0. The van der Waals surface area contributed by atoms with E-state index < -0.39 is 18.3 Å². The smallest absolute Gasteiger partial charge is 0.305 e. The molecule has 1 aromatic carbocycles. The average molecular weight is 447 g/mol. The second-order valence-corrected chi connectivity index (χ2v) is 9.63. The van der Waals surface area contributed by atoms with Gasteiger partial charge in [0.05, 0.1) is 24.9 Å². The maximum atomic E-state index is 11.6. The van der Waals surface area contributed by atoms with Crippen LogP contribution in [0.3, 0.4) is 0 Å². The zero-order chi connectivity index (χ0) is 23.3. The van der Waals surface area contributed by atoms with Crippen LogP contribution in [0, 0.1) is 17.8 Å². The fraction of sp³-hybridized carbons (Fsp3) is 0.667. The van der Waals surface area contributed by atoms with Crippen molar-refractivity contribution >= 4 is 5.97 Å². The van der Waals surface area contributed by atoms with Gasteiger partial charge in [-0.15, -0.1) is 0 Å². The first-order valence-electron chi connectivity index (χ1n) is 12.3. The Labute approximate surface area is 193 Å². The topological polar surface area (TPSA) is 87.0 Å². The second-order valence-electron chi connectivity index (χ2n) is 9.63. The molecule has 0 bridgehead atoms. The van der Waals surface area contributed by atoms with E-state index in [0.717, 1.165) is 19.3 Å². The van der Waals surface area contributed by atoms with Crippen LogP contribution in [0.2, 0.25) is 0 Å². The van der Waals surface area contributed by atoms with Crippen LogP contribution in [0.25, 0.3) is 0 Å². The van der Waals surface area contributed by atoms with Crippen molar-refractivity contribution in [3.05, 3.63) is 48.0 Å². The maximum absolute atomic E-state index is 11.6. The molecule has 32 heavy (non-hydrogen) atoms. The number of hydrogen-bond acceptors (Lipinski definition) is 5. The molecule has 0 spiro atoms. The molecule has 1 aliphatic rings. The molecule has 1 aliphatic carbocycles. The summed E-state index contributed by atoms with van der Waals surface area (Å²) in [6.45, 7) is 4.51. The Bertz CT molecular complexity index is 672. The van der Waals surface area contributed by atoms with E-state index in [1.807, 2.05) is 32.0 Å². The Balaban J connectivity index is 1.68. The summed E-state index contributed by atoms with van der Waals surface area (Å²) in [7, 11) is 0. The average Bonchev–Trinajstić information content (AvgIpc) is 3.04. The number of unbranched alkanes of at least 4 members (excludes halogenated alkanes) is 1. The maximum Gasteiger partial charge on any atom is 0.305 e. The molecule has 180 valence electrons. The quantitative estimate of drug-likeness (QED) is 0.223. The lowest BCUT2D eigenvalue weighted by molar-refractivity contribution is -0.144. The minimum Gasteiger partial charge on any atom is -0.465 e. The Morgan fingerprint density at radius 3 is 2.53 bits per heavy atom. The van der Waals surface area contributed by atoms with Gasteiger partial charge in [0.1, 0.15) is 0 Å². The molecule has 5 atom stereocenters. The van der Waals surface area contributed by atoms with Gasteiger partial charge in [-0.05, 0) is 74.7 Å². The highest BCUT2D eigenvalue weighted by molar-refractivity contribution is 5.69. The Hall–Kier alpha value is -1.69. The van der Waals surface area contributed by atoms with Gasteiger partial charge >= 0.3 is 5.97 Å². The summed E-state index contributed by atoms with van der Waals surface area (Å²) in [5.41, 5.74) is 1.22. The lowest BCUT2D eigenvalue weighted by atomic mass is 9.85. The Morgan fingerprint density at radius 1 is 1.09 bits per heavy atom. The SMILES string of the molecule is CC(C)COC(=O)CCC/C=C\C[C@@H]1[C@@H](CC[C@@H](O)CCc2ccccc2)[C@H](O)C[C@@H]1O. The third kappa shape index (κ3) is 9.85. The largest absolute Gasteiger partial charge is 0.465 e. The molecule has 1 fully saturated rings. The molecule has 0 saturated heterocycles. The van der Waals surface area contributed by atoms with Crippen molar-refractivity contribution in [1.82, 2.24) is 0 Å². The van der Waals surface area contributed by atoms with Gasteiger partial charge in [0, 0.05) is 6.42 Å². The van der Waals surface area contributed by atoms with Crippen LogP contribution in [0.15, 0.2) is 42.5 Å². The molecule has 0 aromatic heterocycles. The van der Waals surface area contributed by atoms with Gasteiger partial charge in [0.15, 0.2) is 0 Å². The minimum atomic E-state index is -0.513. The lowest BCUT2D eigenvalue weighted by Gasteiger charge is -2.23. The summed E-state index contributed by atoms with van der Waals surface area (Å²) < 4.78 is 5.18. The first kappa shape index (κ1) is 26.6. The van der Waals surface area contributed by atoms with Crippen LogP contribution < -0.4 is 0 Å². The van der Waals surface area contributed by atoms with Crippen LogP contribution in [0.4, 0.5) is 0 Å². The zero-order valence-corrected chi connectivity index (χ0v) is 19.7. The van der Waals surface area contributed by atoms with E-state index in [0.29, 0.717) is 51.0 Å². The molecule has 0 amide bonds. The molecule has 0 aliphatic heterocycles. The van der Waals surface area contributed by atoms with Crippen molar-refractivity contribution < 1.29 is 24.9 Å². The number of carbonyl (C=O) groups is 1. The molecule has 2 rings (SSSR count). The first-order chi connectivity index (χ1) is 15.4. The number of aliphatic hydroxyl groups is 3. The van der Waals surface area contributed by atoms with E-state index in [-0.39, 0.29) is 17.8 Å². The Morgan fingerprint density at radius 2 is 1.81 bits per heavy atom. The van der Waals surface area contributed by atoms with Crippen LogP contribution in [0.5, 0.6) is 0 Å². The van der Waals surface area contributed by atoms with E-state index in [1.54, 1.807) is 0 Å². The van der Waals surface area contributed by atoms with Crippen LogP contribution in [0.1, 0.15) is 70.8 Å². The summed E-state index contributed by atoms with van der Waals surface area (Å²) in [6, 6.07) is 10.1. The van der Waals surface area contributed by atoms with Crippen LogP contribution >= 0.6 is 0 Å². The van der Waals surface area contributed by atoms with E-state index in [4.69, 9.17) is 4.74 Å². The minimum absolute atomic E-state index is 0.00652. The number of aliphatic hydroxyl groups excluding tert-OH is 3. The van der Waals surface area contributed by atoms with E-state index in [9.17, 15) is 20.1 Å². The normalized spacial score (nSPS) is 24.3. The number of benzene rings is 1. The predicted molar refractivity (Wildman–Crippen MR) is 127 cm³/mol. The fourth-order valence-corrected chi connectivity index (χ4v) is 4.48. The van der Waals surface area contributed by atoms with Crippen molar-refractivity contribution in [2.45, 2.75) is 89.9 Å². The summed E-state index contributed by atoms with van der Waals surface area (Å²) in [4.78, 5) is 11.6. The number of aryl methyl sites for hydroxylation is 1. The number of esters is 1. The second kappa shape index (κ2) is 14.5. The summed E-state index contributed by atoms with van der Waals surface area (Å²) in [6.07, 6.45) is 8.69. The number of allylic oxidation sites excluding steroid dienone is 2. The first-order valence-corrected chi connectivity index (χ1v) is 12.3. The number of ether oxygens (including phenoxy) is 1. The van der Waals surface area contributed by atoms with E-state index >= 15 is 0 Å². The van der Waals surface area contributed by atoms with Crippen molar-refractivity contribution in [3.63, 3.8) is 0 Å². The fourth-order valence-electron chi connectivity index (χ4n) is 4.48. The van der Waals surface area contributed by atoms with Crippen molar-refractivity contribution in [1.29, 1.82) is 0 Å². The molecule has 1 saturated carbocycles. The summed E-state index contributed by atoms with van der Waals surface area (Å²) >= 11 is 0. The number of rotatable bonds is 14. The molecule has 0 heterocycles. The van der Waals surface area contributed by atoms with Gasteiger partial charge in [-0.3, -0.25) is 4.79 Å². The number of carbonyl (C=O) groups excluding carboxylic acids is 1. The van der Waals surface area contributed by atoms with E-state index in [2.05, 4.69) is 24.3 Å². The molecule has 3 N–H and O–H groups in total. The van der Waals surface area contributed by atoms with Gasteiger partial charge in [-0.25, -0.2) is 0 Å². The van der Waals surface area contributed by atoms with Crippen LogP contribution in [-0.2, 0) is 16.0 Å². The van der Waals surface area contributed by atoms with Crippen LogP contribution in [-0.4, -0.2) is 46.2 Å². The summed E-state index contributed by atoms with van der Waals surface area (Å²) in [5, 5.41) is 31.2. The van der Waals surface area contributed by atoms with Gasteiger partial charge in [0.2, 0.25) is 0 Å². The standard InChI is InChI=1S/C27H42O5/c1-20(2)19-32-27(31)13-9-4-3-8-12-23-24(26(30)18-25(23)29)17-16-22(28)15-14-21-10-6-5-7-11-21/h3,5-8,10-11,20,22-26,28-30H,4,9,12-19H2,1-2H3/b8-3-/t22-,23+,24+,25-,26+/m0/s1. The van der Waals surface area contributed by atoms with Gasteiger partial charge in [-0.2, -0.15) is 0 Å². The molecular weight excluding hydrogens is 404 g/mol. The number of hydrogen-bond donors (Lipinski definition) is 3. The molecule has 5 nitrogen and oxygen atoms in total. The van der Waals surface area contributed by atoms with Gasteiger partial charge < -0.3 is 20.1 Å². The third-order valence-electron chi connectivity index (χ3n) is 6.37. The molecular formula is C27H42O5. The highest BCUT2D eigenvalue weighted by atomic mass is 16.5. The van der Waals surface area contributed by atoms with Crippen molar-refractivity contribution in [2.24, 2.45) is 17.8 Å². The lowest BCUT2D eigenvalue weighted by Crippen LogP contribution is -2.23. The van der Waals surface area contributed by atoms with Gasteiger partial charge in [-0.1, -0.05) is 56.3 Å². The molecule has 5 heteroatoms. The van der Waals surface area contributed by atoms with Crippen molar-refractivity contribution in [3.8, 4) is 0 Å². The molecule has 0 radical (unpaired) electrons. The zero-order valence-electron chi connectivity index (χ0n) is 19.7. The molecule has 1 aromatic rings. The highest BCUT2D eigenvalue weighted by Crippen LogP contribution is 2.38. The predicted octanol–water partition coefficient (Wildman–Crippen LogP) is 4.43. The van der Waals surface area contributed by atoms with Gasteiger partial charge in [0.25, 0.3) is 0 Å². The third-order valence-corrected chi connectivity index (χ3v) is 6.37. The van der Waals surface area contributed by atoms with E-state index in [1.165, 1.54) is 5.56 Å². The highest BCUT2D eigenvalue weighted by Gasteiger charge is 2.40. The monoisotopic (exact) mass is 446 g/mol. The summed E-state index contributed by atoms with van der Waals surface area (Å²) in [5.74, 6) is 0.225. The molecule has 0 unspecified atom stereocenters.